The van der Waals surface area contributed by atoms with Crippen LogP contribution >= 0.6 is 0 Å². The largest absolute Gasteiger partial charge is 0.457 e. The van der Waals surface area contributed by atoms with Crippen LogP contribution in [0.5, 0.6) is 0 Å². The van der Waals surface area contributed by atoms with Crippen LogP contribution < -0.4 is 0 Å². The van der Waals surface area contributed by atoms with E-state index in [9.17, 15) is 4.79 Å². The fraction of sp³-hybridized carbons (Fsp3) is 0.375. The highest BCUT2D eigenvalue weighted by atomic mass is 16.5. The van der Waals surface area contributed by atoms with Crippen LogP contribution in [0.3, 0.4) is 0 Å². The minimum Gasteiger partial charge on any atom is -0.457 e. The summed E-state index contributed by atoms with van der Waals surface area (Å²) in [5.41, 5.74) is 6.31. The third kappa shape index (κ3) is 3.69. The van der Waals surface area contributed by atoms with Gasteiger partial charge in [0.1, 0.15) is 6.61 Å². The summed E-state index contributed by atoms with van der Waals surface area (Å²) < 4.78 is 5.61. The second kappa shape index (κ2) is 7.80. The number of hydrogen-bond acceptors (Lipinski definition) is 3. The number of benzene rings is 2. The number of nitrogens with zero attached hydrogens (tertiary/aromatic N) is 1. The molecule has 0 radical (unpaired) electrons. The summed E-state index contributed by atoms with van der Waals surface area (Å²) in [6, 6.07) is 14.8. The molecule has 146 valence electrons. The number of H-pyrrole nitrogens is 1. The van der Waals surface area contributed by atoms with E-state index in [2.05, 4.69) is 35.9 Å². The zero-order chi connectivity index (χ0) is 19.7. The number of aromatic nitrogens is 1. The normalized spacial score (nSPS) is 14.9. The van der Waals surface area contributed by atoms with E-state index >= 15 is 0 Å². The van der Waals surface area contributed by atoms with Gasteiger partial charge in [-0.2, -0.15) is 0 Å². The molecule has 0 unspecified atom stereocenters. The third-order valence-electron chi connectivity index (χ3n) is 5.79. The summed E-state index contributed by atoms with van der Waals surface area (Å²) in [6.45, 7) is 8.90. The summed E-state index contributed by atoms with van der Waals surface area (Å²) in [4.78, 5) is 18.8. The molecule has 1 aliphatic rings. The highest BCUT2D eigenvalue weighted by Crippen LogP contribution is 2.29. The molecule has 28 heavy (non-hydrogen) atoms. The SMILES string of the molecule is Cc1[nH]c2cc3c(cc2c1C(=O)OCc1ccccc1)CCN(C(C)C)CC3. The predicted octanol–water partition coefficient (Wildman–Crippen LogP) is 4.64. The lowest BCUT2D eigenvalue weighted by molar-refractivity contribution is 0.0474. The lowest BCUT2D eigenvalue weighted by Crippen LogP contribution is -2.32. The van der Waals surface area contributed by atoms with Gasteiger partial charge in [0, 0.05) is 35.7 Å². The molecule has 0 bridgehead atoms. The molecule has 0 amide bonds. The van der Waals surface area contributed by atoms with E-state index in [1.807, 2.05) is 37.3 Å². The molecule has 1 aromatic heterocycles. The molecule has 0 aliphatic carbocycles. The Morgan fingerprint density at radius 3 is 2.46 bits per heavy atom. The van der Waals surface area contributed by atoms with Gasteiger partial charge in [0.15, 0.2) is 0 Å². The van der Waals surface area contributed by atoms with E-state index in [0.717, 1.165) is 48.1 Å². The number of ether oxygens (including phenoxy) is 1. The zero-order valence-corrected chi connectivity index (χ0v) is 16.9. The molecule has 0 saturated heterocycles. The van der Waals surface area contributed by atoms with Crippen molar-refractivity contribution in [2.45, 2.75) is 46.3 Å². The summed E-state index contributed by atoms with van der Waals surface area (Å²) >= 11 is 0. The summed E-state index contributed by atoms with van der Waals surface area (Å²) in [6.07, 6.45) is 2.07. The Morgan fingerprint density at radius 1 is 1.11 bits per heavy atom. The van der Waals surface area contributed by atoms with E-state index in [-0.39, 0.29) is 5.97 Å². The van der Waals surface area contributed by atoms with Crippen molar-refractivity contribution in [3.63, 3.8) is 0 Å². The number of nitrogens with one attached hydrogen (secondary N) is 1. The van der Waals surface area contributed by atoms with Crippen molar-refractivity contribution < 1.29 is 9.53 Å². The van der Waals surface area contributed by atoms with E-state index < -0.39 is 0 Å². The quantitative estimate of drug-likeness (QED) is 0.675. The number of aryl methyl sites for hydroxylation is 1. The molecule has 0 atom stereocenters. The highest BCUT2D eigenvalue weighted by Gasteiger charge is 2.21. The molecule has 1 aliphatic heterocycles. The van der Waals surface area contributed by atoms with Crippen LogP contribution in [0.4, 0.5) is 0 Å². The number of hydrogen-bond donors (Lipinski definition) is 1. The Balaban J connectivity index is 1.61. The standard InChI is InChI=1S/C24H28N2O2/c1-16(2)26-11-9-19-13-21-22(14-20(19)10-12-26)25-17(3)23(21)24(27)28-15-18-7-5-4-6-8-18/h4-8,13-14,16,25H,9-12,15H2,1-3H3. The van der Waals surface area contributed by atoms with Crippen molar-refractivity contribution in [2.75, 3.05) is 13.1 Å². The minimum absolute atomic E-state index is 0.259. The summed E-state index contributed by atoms with van der Waals surface area (Å²) in [5.74, 6) is -0.259. The van der Waals surface area contributed by atoms with Crippen molar-refractivity contribution in [2.24, 2.45) is 0 Å². The fourth-order valence-electron chi connectivity index (χ4n) is 4.15. The van der Waals surface area contributed by atoms with Crippen LogP contribution in [0.1, 0.15) is 46.6 Å². The summed E-state index contributed by atoms with van der Waals surface area (Å²) in [7, 11) is 0. The maximum atomic E-state index is 12.8. The lowest BCUT2D eigenvalue weighted by atomic mass is 9.99. The second-order valence-electron chi connectivity index (χ2n) is 7.98. The molecule has 0 fully saturated rings. The number of esters is 1. The van der Waals surface area contributed by atoms with Gasteiger partial charge >= 0.3 is 5.97 Å². The van der Waals surface area contributed by atoms with Gasteiger partial charge in [0.2, 0.25) is 0 Å². The first kappa shape index (κ1) is 18.8. The van der Waals surface area contributed by atoms with Gasteiger partial charge in [-0.25, -0.2) is 4.79 Å². The number of rotatable bonds is 4. The van der Waals surface area contributed by atoms with E-state index in [1.165, 1.54) is 11.1 Å². The van der Waals surface area contributed by atoms with Gasteiger partial charge in [-0.3, -0.25) is 0 Å². The van der Waals surface area contributed by atoms with E-state index in [4.69, 9.17) is 4.74 Å². The first-order valence-electron chi connectivity index (χ1n) is 10.1. The Bertz CT molecular complexity index is 989. The lowest BCUT2D eigenvalue weighted by Gasteiger charge is -2.23. The van der Waals surface area contributed by atoms with Crippen molar-refractivity contribution in [3.8, 4) is 0 Å². The Kier molecular flexibility index (Phi) is 5.23. The zero-order valence-electron chi connectivity index (χ0n) is 16.9. The van der Waals surface area contributed by atoms with Gasteiger partial charge in [0.05, 0.1) is 5.56 Å². The van der Waals surface area contributed by atoms with Crippen molar-refractivity contribution in [1.82, 2.24) is 9.88 Å². The van der Waals surface area contributed by atoms with Crippen LogP contribution in [-0.4, -0.2) is 35.0 Å². The maximum Gasteiger partial charge on any atom is 0.340 e. The fourth-order valence-corrected chi connectivity index (χ4v) is 4.15. The topological polar surface area (TPSA) is 45.3 Å². The highest BCUT2D eigenvalue weighted by molar-refractivity contribution is 6.06. The number of carbonyl (C=O) groups is 1. The number of fused-ring (bicyclic) bond motifs is 2. The molecule has 4 nitrogen and oxygen atoms in total. The van der Waals surface area contributed by atoms with Crippen molar-refractivity contribution in [1.29, 1.82) is 0 Å². The monoisotopic (exact) mass is 376 g/mol. The first-order valence-corrected chi connectivity index (χ1v) is 10.1. The molecule has 1 N–H and O–H groups in total. The van der Waals surface area contributed by atoms with Gasteiger partial charge in [-0.1, -0.05) is 30.3 Å². The summed E-state index contributed by atoms with van der Waals surface area (Å²) in [5, 5.41) is 0.979. The van der Waals surface area contributed by atoms with E-state index in [0.29, 0.717) is 18.2 Å². The van der Waals surface area contributed by atoms with Crippen LogP contribution in [0.2, 0.25) is 0 Å². The molecule has 2 aromatic carbocycles. The smallest absolute Gasteiger partial charge is 0.340 e. The van der Waals surface area contributed by atoms with Gasteiger partial charge in [-0.15, -0.1) is 0 Å². The van der Waals surface area contributed by atoms with Crippen molar-refractivity contribution >= 4 is 16.9 Å². The third-order valence-corrected chi connectivity index (χ3v) is 5.79. The molecular weight excluding hydrogens is 348 g/mol. The first-order chi connectivity index (χ1) is 13.5. The molecule has 0 spiro atoms. The number of carbonyl (C=O) groups excluding carboxylic acids is 1. The molecule has 3 aromatic rings. The second-order valence-corrected chi connectivity index (χ2v) is 7.98. The van der Waals surface area contributed by atoms with Gasteiger partial charge in [0.25, 0.3) is 0 Å². The molecular formula is C24H28N2O2. The van der Waals surface area contributed by atoms with E-state index in [1.54, 1.807) is 0 Å². The van der Waals surface area contributed by atoms with Crippen LogP contribution in [0.25, 0.3) is 10.9 Å². The Hall–Kier alpha value is -2.59. The molecule has 2 heterocycles. The van der Waals surface area contributed by atoms with Crippen LogP contribution in [-0.2, 0) is 24.2 Å². The minimum atomic E-state index is -0.259. The average molecular weight is 377 g/mol. The van der Waals surface area contributed by atoms with Gasteiger partial charge in [-0.05, 0) is 62.4 Å². The Labute approximate surface area is 166 Å². The molecule has 4 rings (SSSR count). The van der Waals surface area contributed by atoms with Crippen LogP contribution in [0, 0.1) is 6.92 Å². The van der Waals surface area contributed by atoms with Gasteiger partial charge < -0.3 is 14.6 Å². The maximum absolute atomic E-state index is 12.8. The predicted molar refractivity (Wildman–Crippen MR) is 113 cm³/mol. The van der Waals surface area contributed by atoms with Crippen molar-refractivity contribution in [3.05, 3.63) is 70.4 Å². The average Bonchev–Trinajstić information content (AvgIpc) is 2.86. The molecule has 0 saturated carbocycles. The van der Waals surface area contributed by atoms with Crippen LogP contribution in [0.15, 0.2) is 42.5 Å². The molecule has 4 heteroatoms. The number of aromatic amines is 1. The Morgan fingerprint density at radius 2 is 1.79 bits per heavy atom.